The Hall–Kier alpha value is -1.55. The number of rotatable bonds is 4. The van der Waals surface area contributed by atoms with Crippen LogP contribution in [0.4, 0.5) is 5.69 Å². The van der Waals surface area contributed by atoms with Crippen molar-refractivity contribution in [2.75, 3.05) is 18.4 Å². The standard InChI is InChI=1S/C14H20N2O2/c17-13-6-4-12(5-7-13)16-14(18)8-3-11-2-1-9-15-10-11/h4-7,11,15,17H,1-3,8-10H2,(H,16,18). The number of carbonyl (C=O) groups is 1. The number of carbonyl (C=O) groups excluding carboxylic acids is 1. The van der Waals surface area contributed by atoms with E-state index in [-0.39, 0.29) is 11.7 Å². The quantitative estimate of drug-likeness (QED) is 0.715. The van der Waals surface area contributed by atoms with E-state index in [0.29, 0.717) is 12.3 Å². The summed E-state index contributed by atoms with van der Waals surface area (Å²) < 4.78 is 0. The van der Waals surface area contributed by atoms with Crippen LogP contribution in [0.5, 0.6) is 5.75 Å². The molecule has 0 aliphatic carbocycles. The predicted octanol–water partition coefficient (Wildman–Crippen LogP) is 2.11. The molecule has 0 radical (unpaired) electrons. The molecule has 0 aromatic heterocycles. The molecule has 1 atom stereocenters. The molecule has 1 saturated heterocycles. The van der Waals surface area contributed by atoms with E-state index in [0.717, 1.165) is 25.2 Å². The summed E-state index contributed by atoms with van der Waals surface area (Å²) in [4.78, 5) is 11.7. The van der Waals surface area contributed by atoms with Crippen LogP contribution in [0.25, 0.3) is 0 Å². The lowest BCUT2D eigenvalue weighted by molar-refractivity contribution is -0.116. The van der Waals surface area contributed by atoms with Crippen LogP contribution in [0.15, 0.2) is 24.3 Å². The van der Waals surface area contributed by atoms with Crippen molar-refractivity contribution in [3.63, 3.8) is 0 Å². The molecule has 1 aliphatic heterocycles. The van der Waals surface area contributed by atoms with E-state index in [4.69, 9.17) is 5.11 Å². The van der Waals surface area contributed by atoms with Gasteiger partial charge in [-0.3, -0.25) is 4.79 Å². The molecule has 2 rings (SSSR count). The van der Waals surface area contributed by atoms with Gasteiger partial charge in [0.25, 0.3) is 0 Å². The van der Waals surface area contributed by atoms with Gasteiger partial charge >= 0.3 is 0 Å². The molecular weight excluding hydrogens is 228 g/mol. The first-order valence-corrected chi connectivity index (χ1v) is 6.53. The molecule has 1 heterocycles. The van der Waals surface area contributed by atoms with Crippen molar-refractivity contribution in [2.45, 2.75) is 25.7 Å². The highest BCUT2D eigenvalue weighted by Crippen LogP contribution is 2.17. The van der Waals surface area contributed by atoms with Crippen molar-refractivity contribution in [3.05, 3.63) is 24.3 Å². The number of benzene rings is 1. The Kier molecular flexibility index (Phi) is 4.59. The third-order valence-electron chi connectivity index (χ3n) is 3.33. The highest BCUT2D eigenvalue weighted by Gasteiger charge is 2.14. The summed E-state index contributed by atoms with van der Waals surface area (Å²) >= 11 is 0. The van der Waals surface area contributed by atoms with E-state index in [1.165, 1.54) is 12.8 Å². The lowest BCUT2D eigenvalue weighted by Gasteiger charge is -2.22. The molecule has 1 fully saturated rings. The first-order valence-electron chi connectivity index (χ1n) is 6.53. The Morgan fingerprint density at radius 3 is 2.83 bits per heavy atom. The normalized spacial score (nSPS) is 19.4. The number of phenols is 1. The Bertz CT molecular complexity index is 383. The summed E-state index contributed by atoms with van der Waals surface area (Å²) in [5.41, 5.74) is 0.736. The van der Waals surface area contributed by atoms with Crippen molar-refractivity contribution in [2.24, 2.45) is 5.92 Å². The molecule has 1 aromatic rings. The fourth-order valence-corrected chi connectivity index (χ4v) is 2.27. The van der Waals surface area contributed by atoms with Gasteiger partial charge in [0.2, 0.25) is 5.91 Å². The minimum Gasteiger partial charge on any atom is -0.508 e. The Balaban J connectivity index is 1.73. The van der Waals surface area contributed by atoms with E-state index in [1.54, 1.807) is 24.3 Å². The minimum absolute atomic E-state index is 0.0475. The van der Waals surface area contributed by atoms with E-state index in [2.05, 4.69) is 10.6 Å². The molecular formula is C14H20N2O2. The molecule has 98 valence electrons. The van der Waals surface area contributed by atoms with Crippen molar-refractivity contribution in [1.82, 2.24) is 5.32 Å². The molecule has 4 heteroatoms. The van der Waals surface area contributed by atoms with Crippen molar-refractivity contribution >= 4 is 11.6 Å². The summed E-state index contributed by atoms with van der Waals surface area (Å²) in [5, 5.41) is 15.3. The van der Waals surface area contributed by atoms with Crippen LogP contribution in [-0.4, -0.2) is 24.1 Å². The van der Waals surface area contributed by atoms with Crippen LogP contribution >= 0.6 is 0 Å². The fraction of sp³-hybridized carbons (Fsp3) is 0.500. The second-order valence-corrected chi connectivity index (χ2v) is 4.85. The van der Waals surface area contributed by atoms with Crippen molar-refractivity contribution in [1.29, 1.82) is 0 Å². The molecule has 0 saturated carbocycles. The predicted molar refractivity (Wildman–Crippen MR) is 71.6 cm³/mol. The maximum absolute atomic E-state index is 11.7. The summed E-state index contributed by atoms with van der Waals surface area (Å²) in [6.45, 7) is 2.14. The first kappa shape index (κ1) is 12.9. The first-order chi connectivity index (χ1) is 8.74. The van der Waals surface area contributed by atoms with Gasteiger partial charge in [0, 0.05) is 12.1 Å². The lowest BCUT2D eigenvalue weighted by atomic mass is 9.94. The average molecular weight is 248 g/mol. The van der Waals surface area contributed by atoms with Crippen LogP contribution in [0.2, 0.25) is 0 Å². The number of anilines is 1. The van der Waals surface area contributed by atoms with Gasteiger partial charge in [-0.15, -0.1) is 0 Å². The number of phenolic OH excluding ortho intramolecular Hbond substituents is 1. The molecule has 4 nitrogen and oxygen atoms in total. The third-order valence-corrected chi connectivity index (χ3v) is 3.33. The van der Waals surface area contributed by atoms with Crippen LogP contribution in [0.3, 0.4) is 0 Å². The molecule has 1 aliphatic rings. The molecule has 3 N–H and O–H groups in total. The van der Waals surface area contributed by atoms with Gasteiger partial charge in [-0.25, -0.2) is 0 Å². The zero-order valence-corrected chi connectivity index (χ0v) is 10.5. The third kappa shape index (κ3) is 4.04. The zero-order chi connectivity index (χ0) is 12.8. The number of hydrogen-bond acceptors (Lipinski definition) is 3. The maximum Gasteiger partial charge on any atom is 0.224 e. The molecule has 18 heavy (non-hydrogen) atoms. The Labute approximate surface area is 107 Å². The fourth-order valence-electron chi connectivity index (χ4n) is 2.27. The van der Waals surface area contributed by atoms with Crippen molar-refractivity contribution in [3.8, 4) is 5.75 Å². The minimum atomic E-state index is 0.0475. The largest absolute Gasteiger partial charge is 0.508 e. The number of nitrogens with one attached hydrogen (secondary N) is 2. The van der Waals surface area contributed by atoms with E-state index < -0.39 is 0 Å². The zero-order valence-electron chi connectivity index (χ0n) is 10.5. The topological polar surface area (TPSA) is 61.4 Å². The Morgan fingerprint density at radius 1 is 1.39 bits per heavy atom. The van der Waals surface area contributed by atoms with Crippen LogP contribution < -0.4 is 10.6 Å². The van der Waals surface area contributed by atoms with Gasteiger partial charge in [-0.05, 0) is 62.5 Å². The smallest absolute Gasteiger partial charge is 0.224 e. The van der Waals surface area contributed by atoms with E-state index in [9.17, 15) is 4.79 Å². The molecule has 1 aromatic carbocycles. The van der Waals surface area contributed by atoms with Crippen LogP contribution in [0.1, 0.15) is 25.7 Å². The monoisotopic (exact) mass is 248 g/mol. The van der Waals surface area contributed by atoms with Crippen LogP contribution in [-0.2, 0) is 4.79 Å². The Morgan fingerprint density at radius 2 is 2.17 bits per heavy atom. The highest BCUT2D eigenvalue weighted by molar-refractivity contribution is 5.90. The lowest BCUT2D eigenvalue weighted by Crippen LogP contribution is -2.30. The molecule has 0 bridgehead atoms. The average Bonchev–Trinajstić information content (AvgIpc) is 2.40. The van der Waals surface area contributed by atoms with Gasteiger partial charge < -0.3 is 15.7 Å². The molecule has 1 unspecified atom stereocenters. The SMILES string of the molecule is O=C(CCC1CCCNC1)Nc1ccc(O)cc1. The number of piperidine rings is 1. The van der Waals surface area contributed by atoms with Gasteiger partial charge in [0.15, 0.2) is 0 Å². The van der Waals surface area contributed by atoms with Gasteiger partial charge in [-0.2, -0.15) is 0 Å². The molecule has 0 spiro atoms. The second-order valence-electron chi connectivity index (χ2n) is 4.85. The number of amides is 1. The summed E-state index contributed by atoms with van der Waals surface area (Å²) in [5.74, 6) is 0.886. The van der Waals surface area contributed by atoms with Crippen LogP contribution in [0, 0.1) is 5.92 Å². The van der Waals surface area contributed by atoms with Gasteiger partial charge in [-0.1, -0.05) is 0 Å². The highest BCUT2D eigenvalue weighted by atomic mass is 16.3. The van der Waals surface area contributed by atoms with E-state index >= 15 is 0 Å². The number of aromatic hydroxyl groups is 1. The summed E-state index contributed by atoms with van der Waals surface area (Å²) in [6.07, 6.45) is 3.94. The maximum atomic E-state index is 11.7. The van der Waals surface area contributed by atoms with Crippen molar-refractivity contribution < 1.29 is 9.90 Å². The van der Waals surface area contributed by atoms with Gasteiger partial charge in [0.05, 0.1) is 0 Å². The second kappa shape index (κ2) is 6.40. The van der Waals surface area contributed by atoms with Gasteiger partial charge in [0.1, 0.15) is 5.75 Å². The molecule has 1 amide bonds. The summed E-state index contributed by atoms with van der Waals surface area (Å²) in [6, 6.07) is 6.55. The number of hydrogen-bond donors (Lipinski definition) is 3. The summed E-state index contributed by atoms with van der Waals surface area (Å²) in [7, 11) is 0. The van der Waals surface area contributed by atoms with E-state index in [1.807, 2.05) is 0 Å².